The minimum atomic E-state index is 0.298. The summed E-state index contributed by atoms with van der Waals surface area (Å²) in [5.41, 5.74) is 1.25. The summed E-state index contributed by atoms with van der Waals surface area (Å²) < 4.78 is 0. The third kappa shape index (κ3) is 1.33. The van der Waals surface area contributed by atoms with E-state index in [9.17, 15) is 4.79 Å². The van der Waals surface area contributed by atoms with Crippen LogP contribution in [0.15, 0.2) is 12.3 Å². The number of carbonyl (C=O) groups is 1. The van der Waals surface area contributed by atoms with Crippen molar-refractivity contribution in [3.8, 4) is 0 Å². The van der Waals surface area contributed by atoms with E-state index in [1.807, 2.05) is 6.92 Å². The van der Waals surface area contributed by atoms with E-state index in [0.717, 1.165) is 5.56 Å². The number of aryl methyl sites for hydroxylation is 1. The monoisotopic (exact) mass is 155 g/mol. The minimum absolute atomic E-state index is 0.298. The van der Waals surface area contributed by atoms with Gasteiger partial charge in [-0.1, -0.05) is 11.6 Å². The van der Waals surface area contributed by atoms with Gasteiger partial charge in [0.1, 0.15) is 5.69 Å². The first-order valence-electron chi connectivity index (χ1n) is 2.81. The minimum Gasteiger partial charge on any atom is -0.296 e. The molecule has 0 atom stereocenters. The van der Waals surface area contributed by atoms with Crippen LogP contribution in [0.25, 0.3) is 0 Å². The van der Waals surface area contributed by atoms with Gasteiger partial charge in [-0.15, -0.1) is 0 Å². The van der Waals surface area contributed by atoms with Crippen molar-refractivity contribution in [3.05, 3.63) is 28.5 Å². The lowest BCUT2D eigenvalue weighted by atomic mass is 10.3. The zero-order chi connectivity index (χ0) is 7.56. The fourth-order valence-corrected chi connectivity index (χ4v) is 0.896. The highest BCUT2D eigenvalue weighted by Gasteiger charge is 1.97. The van der Waals surface area contributed by atoms with Gasteiger partial charge in [-0.05, 0) is 18.6 Å². The summed E-state index contributed by atoms with van der Waals surface area (Å²) in [6.45, 7) is 1.87. The van der Waals surface area contributed by atoms with Gasteiger partial charge in [0.15, 0.2) is 6.29 Å². The van der Waals surface area contributed by atoms with Crippen molar-refractivity contribution in [2.24, 2.45) is 0 Å². The van der Waals surface area contributed by atoms with E-state index in [0.29, 0.717) is 17.0 Å². The molecule has 0 radical (unpaired) electrons. The molecule has 0 N–H and O–H groups in total. The maximum absolute atomic E-state index is 10.2. The molecule has 0 fully saturated rings. The molecule has 0 amide bonds. The number of hydrogen-bond acceptors (Lipinski definition) is 2. The van der Waals surface area contributed by atoms with Gasteiger partial charge in [-0.3, -0.25) is 9.78 Å². The van der Waals surface area contributed by atoms with E-state index < -0.39 is 0 Å². The van der Waals surface area contributed by atoms with Gasteiger partial charge in [0.25, 0.3) is 0 Å². The molecule has 0 aromatic carbocycles. The van der Waals surface area contributed by atoms with E-state index in [1.165, 1.54) is 0 Å². The number of hydrogen-bond donors (Lipinski definition) is 0. The molecule has 0 bridgehead atoms. The molecular formula is C7H6ClNO. The molecule has 52 valence electrons. The molecule has 0 aliphatic carbocycles. The highest BCUT2D eigenvalue weighted by Crippen LogP contribution is 2.12. The highest BCUT2D eigenvalue weighted by atomic mass is 35.5. The number of pyridine rings is 1. The van der Waals surface area contributed by atoms with Crippen molar-refractivity contribution in [2.75, 3.05) is 0 Å². The van der Waals surface area contributed by atoms with E-state index in [-0.39, 0.29) is 0 Å². The fraction of sp³-hybridized carbons (Fsp3) is 0.143. The molecule has 2 nitrogen and oxygen atoms in total. The summed E-state index contributed by atoms with van der Waals surface area (Å²) in [5.74, 6) is 0. The normalized spacial score (nSPS) is 9.40. The third-order valence-electron chi connectivity index (χ3n) is 1.12. The summed E-state index contributed by atoms with van der Waals surface area (Å²) >= 11 is 5.64. The molecule has 1 aromatic heterocycles. The van der Waals surface area contributed by atoms with Crippen LogP contribution in [-0.2, 0) is 0 Å². The van der Waals surface area contributed by atoms with Crippen molar-refractivity contribution in [3.63, 3.8) is 0 Å². The standard InChI is InChI=1S/C7H6ClNO/c1-5-2-6(8)7(4-10)9-3-5/h2-4H,1H3. The largest absolute Gasteiger partial charge is 0.296 e. The molecule has 0 saturated heterocycles. The molecule has 1 rings (SSSR count). The van der Waals surface area contributed by atoms with Crippen molar-refractivity contribution in [1.29, 1.82) is 0 Å². The Balaban J connectivity index is 3.19. The number of aldehydes is 1. The number of halogens is 1. The lowest BCUT2D eigenvalue weighted by Crippen LogP contribution is -1.87. The van der Waals surface area contributed by atoms with Crippen LogP contribution in [0.4, 0.5) is 0 Å². The molecule has 10 heavy (non-hydrogen) atoms. The zero-order valence-corrected chi connectivity index (χ0v) is 6.22. The first kappa shape index (κ1) is 7.22. The van der Waals surface area contributed by atoms with Crippen LogP contribution in [0.5, 0.6) is 0 Å². The summed E-state index contributed by atoms with van der Waals surface area (Å²) in [7, 11) is 0. The van der Waals surface area contributed by atoms with Crippen LogP contribution in [0.3, 0.4) is 0 Å². The summed E-state index contributed by atoms with van der Waals surface area (Å²) in [6.07, 6.45) is 2.25. The lowest BCUT2D eigenvalue weighted by Gasteiger charge is -1.94. The Kier molecular flexibility index (Phi) is 2.02. The van der Waals surface area contributed by atoms with Gasteiger partial charge in [0, 0.05) is 6.20 Å². The molecule has 1 heterocycles. The second-order valence-electron chi connectivity index (χ2n) is 2.00. The summed E-state index contributed by atoms with van der Waals surface area (Å²) in [5, 5.41) is 0.412. The second-order valence-corrected chi connectivity index (χ2v) is 2.40. The van der Waals surface area contributed by atoms with E-state index in [2.05, 4.69) is 4.98 Å². The molecule has 3 heteroatoms. The van der Waals surface area contributed by atoms with Crippen molar-refractivity contribution in [2.45, 2.75) is 6.92 Å². The molecule has 0 saturated carbocycles. The fourth-order valence-electron chi connectivity index (χ4n) is 0.631. The number of rotatable bonds is 1. The number of nitrogens with zero attached hydrogens (tertiary/aromatic N) is 1. The molecule has 0 unspecified atom stereocenters. The SMILES string of the molecule is Cc1cnc(C=O)c(Cl)c1. The maximum Gasteiger partial charge on any atom is 0.169 e. The second kappa shape index (κ2) is 2.80. The molecular weight excluding hydrogens is 150 g/mol. The smallest absolute Gasteiger partial charge is 0.169 e. The first-order valence-corrected chi connectivity index (χ1v) is 3.19. The van der Waals surface area contributed by atoms with E-state index in [4.69, 9.17) is 11.6 Å². The zero-order valence-electron chi connectivity index (χ0n) is 5.47. The topological polar surface area (TPSA) is 30.0 Å². The van der Waals surface area contributed by atoms with Gasteiger partial charge in [0.2, 0.25) is 0 Å². The van der Waals surface area contributed by atoms with Gasteiger partial charge in [-0.25, -0.2) is 0 Å². The average Bonchev–Trinajstić information content (AvgIpc) is 1.88. The van der Waals surface area contributed by atoms with Crippen LogP contribution >= 0.6 is 11.6 Å². The quantitative estimate of drug-likeness (QED) is 0.580. The molecule has 0 aliphatic heterocycles. The molecule has 1 aromatic rings. The Morgan fingerprint density at radius 3 is 2.90 bits per heavy atom. The van der Waals surface area contributed by atoms with Gasteiger partial charge < -0.3 is 0 Å². The van der Waals surface area contributed by atoms with E-state index in [1.54, 1.807) is 12.3 Å². The Hall–Kier alpha value is -0.890. The third-order valence-corrected chi connectivity index (χ3v) is 1.42. The highest BCUT2D eigenvalue weighted by molar-refractivity contribution is 6.32. The van der Waals surface area contributed by atoms with E-state index >= 15 is 0 Å². The summed E-state index contributed by atoms with van der Waals surface area (Å²) in [4.78, 5) is 14.0. The summed E-state index contributed by atoms with van der Waals surface area (Å²) in [6, 6.07) is 1.71. The van der Waals surface area contributed by atoms with Crippen LogP contribution in [0, 0.1) is 6.92 Å². The number of aromatic nitrogens is 1. The van der Waals surface area contributed by atoms with Gasteiger partial charge in [-0.2, -0.15) is 0 Å². The van der Waals surface area contributed by atoms with Crippen molar-refractivity contribution in [1.82, 2.24) is 4.98 Å². The first-order chi connectivity index (χ1) is 4.74. The average molecular weight is 156 g/mol. The predicted octanol–water partition coefficient (Wildman–Crippen LogP) is 1.86. The predicted molar refractivity (Wildman–Crippen MR) is 39.4 cm³/mol. The Labute approximate surface area is 63.8 Å². The molecule has 0 aliphatic rings. The Bertz CT molecular complexity index is 260. The van der Waals surface area contributed by atoms with Gasteiger partial charge in [0.05, 0.1) is 5.02 Å². The van der Waals surface area contributed by atoms with Crippen molar-refractivity contribution >= 4 is 17.9 Å². The van der Waals surface area contributed by atoms with Gasteiger partial charge >= 0.3 is 0 Å². The Morgan fingerprint density at radius 1 is 1.70 bits per heavy atom. The molecule has 0 spiro atoms. The van der Waals surface area contributed by atoms with Crippen LogP contribution < -0.4 is 0 Å². The van der Waals surface area contributed by atoms with Crippen molar-refractivity contribution < 1.29 is 4.79 Å². The van der Waals surface area contributed by atoms with Crippen LogP contribution in [0.1, 0.15) is 16.1 Å². The van der Waals surface area contributed by atoms with Crippen LogP contribution in [0.2, 0.25) is 5.02 Å². The van der Waals surface area contributed by atoms with Crippen LogP contribution in [-0.4, -0.2) is 11.3 Å². The Morgan fingerprint density at radius 2 is 2.40 bits per heavy atom. The maximum atomic E-state index is 10.2. The lowest BCUT2D eigenvalue weighted by molar-refractivity contribution is 0.111. The number of carbonyl (C=O) groups excluding carboxylic acids is 1.